The Bertz CT molecular complexity index is 912. The first kappa shape index (κ1) is 18.7. The maximum Gasteiger partial charge on any atom is 0.225 e. The summed E-state index contributed by atoms with van der Waals surface area (Å²) in [6.07, 6.45) is 0.530. The van der Waals surface area contributed by atoms with E-state index >= 15 is 0 Å². The summed E-state index contributed by atoms with van der Waals surface area (Å²) in [6, 6.07) is 24.8. The van der Waals surface area contributed by atoms with Gasteiger partial charge in [-0.1, -0.05) is 66.7 Å². The van der Waals surface area contributed by atoms with Crippen LogP contribution in [0.1, 0.15) is 12.0 Å². The quantitative estimate of drug-likeness (QED) is 0.710. The van der Waals surface area contributed by atoms with Crippen molar-refractivity contribution in [2.75, 3.05) is 38.0 Å². The van der Waals surface area contributed by atoms with Gasteiger partial charge in [0.15, 0.2) is 0 Å². The molecule has 0 spiro atoms. The molecule has 1 aliphatic heterocycles. The molecule has 0 bridgehead atoms. The number of carbonyl (C=O) groups is 1. The Morgan fingerprint density at radius 1 is 0.786 bits per heavy atom. The largest absolute Gasteiger partial charge is 0.325 e. The molecular weight excluding hydrogens is 346 g/mol. The molecule has 0 atom stereocenters. The molecule has 0 saturated carbocycles. The van der Waals surface area contributed by atoms with Crippen LogP contribution in [0.5, 0.6) is 0 Å². The molecule has 1 fully saturated rings. The highest BCUT2D eigenvalue weighted by molar-refractivity contribution is 6.02. The van der Waals surface area contributed by atoms with Gasteiger partial charge in [0.25, 0.3) is 0 Å². The minimum atomic E-state index is 0.0862. The van der Waals surface area contributed by atoms with Crippen molar-refractivity contribution in [3.8, 4) is 0 Å². The summed E-state index contributed by atoms with van der Waals surface area (Å²) in [5.41, 5.74) is 2.26. The highest BCUT2D eigenvalue weighted by Crippen LogP contribution is 2.23. The summed E-state index contributed by atoms with van der Waals surface area (Å²) in [5.74, 6) is 0.0862. The first-order valence-electron chi connectivity index (χ1n) is 10.0. The van der Waals surface area contributed by atoms with Gasteiger partial charge in [-0.15, -0.1) is 0 Å². The van der Waals surface area contributed by atoms with Gasteiger partial charge in [0.2, 0.25) is 5.91 Å². The zero-order valence-electron chi connectivity index (χ0n) is 16.2. The van der Waals surface area contributed by atoms with Crippen LogP contribution in [-0.4, -0.2) is 48.4 Å². The third kappa shape index (κ3) is 4.77. The van der Waals surface area contributed by atoms with E-state index in [4.69, 9.17) is 0 Å². The van der Waals surface area contributed by atoms with Gasteiger partial charge in [-0.3, -0.25) is 9.69 Å². The fourth-order valence-electron chi connectivity index (χ4n) is 3.82. The van der Waals surface area contributed by atoms with Gasteiger partial charge < -0.3 is 10.2 Å². The average Bonchev–Trinajstić information content (AvgIpc) is 2.74. The first-order valence-corrected chi connectivity index (χ1v) is 10.0. The van der Waals surface area contributed by atoms with Crippen molar-refractivity contribution < 1.29 is 4.79 Å². The minimum absolute atomic E-state index is 0.0862. The molecule has 4 nitrogen and oxygen atoms in total. The Balaban J connectivity index is 1.23. The van der Waals surface area contributed by atoms with E-state index in [1.54, 1.807) is 0 Å². The van der Waals surface area contributed by atoms with Crippen LogP contribution in [0.2, 0.25) is 0 Å². The number of carbonyl (C=O) groups excluding carboxylic acids is 1. The molecule has 144 valence electrons. The van der Waals surface area contributed by atoms with Gasteiger partial charge in [-0.25, -0.2) is 0 Å². The van der Waals surface area contributed by atoms with E-state index in [1.807, 2.05) is 24.3 Å². The highest BCUT2D eigenvalue weighted by atomic mass is 16.1. The molecule has 1 N–H and O–H groups in total. The Labute approximate surface area is 166 Å². The number of hydrogen-bond donors (Lipinski definition) is 1. The van der Waals surface area contributed by atoms with Crippen LogP contribution >= 0.6 is 0 Å². The predicted octanol–water partition coefficient (Wildman–Crippen LogP) is 3.99. The van der Waals surface area contributed by atoms with E-state index in [-0.39, 0.29) is 5.91 Å². The number of rotatable bonds is 6. The molecule has 4 rings (SSSR count). The van der Waals surface area contributed by atoms with Crippen molar-refractivity contribution in [3.63, 3.8) is 0 Å². The monoisotopic (exact) mass is 373 g/mol. The zero-order chi connectivity index (χ0) is 19.2. The third-order valence-corrected chi connectivity index (χ3v) is 5.43. The van der Waals surface area contributed by atoms with Crippen molar-refractivity contribution in [2.24, 2.45) is 0 Å². The van der Waals surface area contributed by atoms with Crippen LogP contribution in [0.4, 0.5) is 5.69 Å². The first-order chi connectivity index (χ1) is 13.8. The van der Waals surface area contributed by atoms with E-state index in [1.165, 1.54) is 5.56 Å². The molecule has 1 heterocycles. The van der Waals surface area contributed by atoms with Crippen LogP contribution in [0, 0.1) is 0 Å². The number of anilines is 1. The molecule has 0 unspecified atom stereocenters. The summed E-state index contributed by atoms with van der Waals surface area (Å²) < 4.78 is 0. The highest BCUT2D eigenvalue weighted by Gasteiger charge is 2.17. The second-order valence-electron chi connectivity index (χ2n) is 7.43. The summed E-state index contributed by atoms with van der Waals surface area (Å²) in [6.45, 7) is 5.98. The lowest BCUT2D eigenvalue weighted by Gasteiger charge is -2.34. The minimum Gasteiger partial charge on any atom is -0.325 e. The fraction of sp³-hybridized carbons (Fsp3) is 0.292. The van der Waals surface area contributed by atoms with Crippen LogP contribution in [-0.2, 0) is 11.3 Å². The lowest BCUT2D eigenvalue weighted by molar-refractivity contribution is -0.116. The average molecular weight is 374 g/mol. The molecule has 28 heavy (non-hydrogen) atoms. The van der Waals surface area contributed by atoms with Gasteiger partial charge in [-0.2, -0.15) is 0 Å². The Kier molecular flexibility index (Phi) is 6.00. The van der Waals surface area contributed by atoms with Gasteiger partial charge in [0.05, 0.1) is 0 Å². The standard InChI is InChI=1S/C24H27N3O/c28-24(25-23-12-6-10-21-9-4-5-11-22(21)23)13-14-26-15-17-27(18-16-26)19-20-7-2-1-3-8-20/h1-12H,13-19H2,(H,25,28). The Morgan fingerprint density at radius 3 is 2.29 bits per heavy atom. The summed E-state index contributed by atoms with van der Waals surface area (Å²) in [7, 11) is 0. The lowest BCUT2D eigenvalue weighted by atomic mass is 10.1. The van der Waals surface area contributed by atoms with Crippen LogP contribution in [0.15, 0.2) is 72.8 Å². The molecule has 4 heteroatoms. The van der Waals surface area contributed by atoms with Crippen molar-refractivity contribution in [1.29, 1.82) is 0 Å². The summed E-state index contributed by atoms with van der Waals surface area (Å²) in [5, 5.41) is 5.33. The second kappa shape index (κ2) is 9.00. The molecule has 1 aliphatic rings. The number of benzene rings is 3. The summed E-state index contributed by atoms with van der Waals surface area (Å²) >= 11 is 0. The SMILES string of the molecule is O=C(CCN1CCN(Cc2ccccc2)CC1)Nc1cccc2ccccc12. The maximum atomic E-state index is 12.5. The number of fused-ring (bicyclic) bond motifs is 1. The Hall–Kier alpha value is -2.69. The van der Waals surface area contributed by atoms with Gasteiger partial charge in [-0.05, 0) is 17.0 Å². The molecule has 1 amide bonds. The van der Waals surface area contributed by atoms with E-state index in [0.29, 0.717) is 6.42 Å². The fourth-order valence-corrected chi connectivity index (χ4v) is 3.82. The van der Waals surface area contributed by atoms with Crippen LogP contribution in [0.3, 0.4) is 0 Å². The van der Waals surface area contributed by atoms with Gasteiger partial charge >= 0.3 is 0 Å². The maximum absolute atomic E-state index is 12.5. The van der Waals surface area contributed by atoms with Crippen LogP contribution < -0.4 is 5.32 Å². The Morgan fingerprint density at radius 2 is 1.46 bits per heavy atom. The van der Waals surface area contributed by atoms with Crippen molar-refractivity contribution in [3.05, 3.63) is 78.4 Å². The normalized spacial score (nSPS) is 15.6. The molecule has 3 aromatic rings. The van der Waals surface area contributed by atoms with E-state index in [2.05, 4.69) is 63.6 Å². The summed E-state index contributed by atoms with van der Waals surface area (Å²) in [4.78, 5) is 17.3. The number of piperazine rings is 1. The van der Waals surface area contributed by atoms with E-state index < -0.39 is 0 Å². The van der Waals surface area contributed by atoms with E-state index in [9.17, 15) is 4.79 Å². The predicted molar refractivity (Wildman–Crippen MR) is 115 cm³/mol. The molecular formula is C24H27N3O. The van der Waals surface area contributed by atoms with Crippen LogP contribution in [0.25, 0.3) is 10.8 Å². The topological polar surface area (TPSA) is 35.6 Å². The number of amides is 1. The number of nitrogens with zero attached hydrogens (tertiary/aromatic N) is 2. The molecule has 0 aliphatic carbocycles. The lowest BCUT2D eigenvalue weighted by Crippen LogP contribution is -2.46. The van der Waals surface area contributed by atoms with Crippen molar-refractivity contribution >= 4 is 22.4 Å². The smallest absolute Gasteiger partial charge is 0.225 e. The molecule has 3 aromatic carbocycles. The molecule has 1 saturated heterocycles. The number of nitrogens with one attached hydrogen (secondary N) is 1. The van der Waals surface area contributed by atoms with Gasteiger partial charge in [0.1, 0.15) is 0 Å². The second-order valence-corrected chi connectivity index (χ2v) is 7.43. The molecule has 0 radical (unpaired) electrons. The molecule has 0 aromatic heterocycles. The zero-order valence-corrected chi connectivity index (χ0v) is 16.2. The van der Waals surface area contributed by atoms with Gasteiger partial charge in [0, 0.05) is 56.8 Å². The number of hydrogen-bond acceptors (Lipinski definition) is 3. The van der Waals surface area contributed by atoms with Crippen molar-refractivity contribution in [1.82, 2.24) is 9.80 Å². The van der Waals surface area contributed by atoms with Crippen molar-refractivity contribution in [2.45, 2.75) is 13.0 Å². The van der Waals surface area contributed by atoms with E-state index in [0.717, 1.165) is 55.7 Å². The third-order valence-electron chi connectivity index (χ3n) is 5.43.